The molecule has 3 nitrogen and oxygen atoms in total. The molecule has 0 bridgehead atoms. The monoisotopic (exact) mass is 173 g/mol. The van der Waals surface area contributed by atoms with Gasteiger partial charge in [0.1, 0.15) is 0 Å². The zero-order valence-electron chi connectivity index (χ0n) is 7.45. The third kappa shape index (κ3) is 3.09. The molecule has 1 fully saturated rings. The Morgan fingerprint density at radius 1 is 1.25 bits per heavy atom. The molecule has 72 valence electrons. The van der Waals surface area contributed by atoms with E-state index in [1.165, 1.54) is 0 Å². The fraction of sp³-hybridized carbons (Fsp3) is 1.00. The summed E-state index contributed by atoms with van der Waals surface area (Å²) in [4.78, 5) is 0. The van der Waals surface area contributed by atoms with Crippen molar-refractivity contribution >= 4 is 0 Å². The van der Waals surface area contributed by atoms with Gasteiger partial charge in [0.25, 0.3) is 0 Å². The van der Waals surface area contributed by atoms with Gasteiger partial charge >= 0.3 is 0 Å². The molecule has 4 N–H and O–H groups in total. The van der Waals surface area contributed by atoms with E-state index in [2.05, 4.69) is 0 Å². The lowest BCUT2D eigenvalue weighted by molar-refractivity contribution is 0.102. The highest BCUT2D eigenvalue weighted by Gasteiger charge is 2.20. The number of rotatable bonds is 3. The van der Waals surface area contributed by atoms with Crippen LogP contribution in [0.15, 0.2) is 0 Å². The molecule has 1 rings (SSSR count). The molecule has 3 heteroatoms. The van der Waals surface area contributed by atoms with E-state index in [0.717, 1.165) is 32.1 Å². The van der Waals surface area contributed by atoms with E-state index in [4.69, 9.17) is 10.8 Å². The van der Waals surface area contributed by atoms with Crippen LogP contribution in [0.3, 0.4) is 0 Å². The molecule has 12 heavy (non-hydrogen) atoms. The first kappa shape index (κ1) is 9.96. The van der Waals surface area contributed by atoms with Crippen molar-refractivity contribution in [3.05, 3.63) is 0 Å². The Kier molecular flexibility index (Phi) is 3.98. The lowest BCUT2D eigenvalue weighted by Crippen LogP contribution is -2.29. The minimum Gasteiger partial charge on any atom is -0.395 e. The first-order valence-electron chi connectivity index (χ1n) is 4.77. The molecule has 0 spiro atoms. The van der Waals surface area contributed by atoms with Crippen molar-refractivity contribution in [2.24, 2.45) is 11.7 Å². The minimum absolute atomic E-state index is 0.0646. The Bertz CT molecular complexity index is 122. The minimum atomic E-state index is -0.0911. The van der Waals surface area contributed by atoms with Crippen LogP contribution < -0.4 is 5.73 Å². The summed E-state index contributed by atoms with van der Waals surface area (Å²) < 4.78 is 0. The maximum absolute atomic E-state index is 9.24. The maximum atomic E-state index is 9.24. The Balaban J connectivity index is 2.17. The molecule has 0 saturated heterocycles. The molecule has 0 aliphatic heterocycles. The van der Waals surface area contributed by atoms with Crippen molar-refractivity contribution < 1.29 is 10.2 Å². The lowest BCUT2D eigenvalue weighted by atomic mass is 9.84. The molecule has 0 aromatic rings. The number of hydrogen-bond donors (Lipinski definition) is 3. The average molecular weight is 173 g/mol. The molecule has 0 aromatic carbocycles. The molecule has 0 radical (unpaired) electrons. The highest BCUT2D eigenvalue weighted by Crippen LogP contribution is 2.27. The summed E-state index contributed by atoms with van der Waals surface area (Å²) in [7, 11) is 0. The van der Waals surface area contributed by atoms with Gasteiger partial charge in [-0.1, -0.05) is 0 Å². The molecule has 1 saturated carbocycles. The molecule has 0 amide bonds. The van der Waals surface area contributed by atoms with E-state index in [-0.39, 0.29) is 18.8 Å². The summed E-state index contributed by atoms with van der Waals surface area (Å²) in [6, 6.07) is -0.0646. The van der Waals surface area contributed by atoms with Crippen molar-refractivity contribution in [2.75, 3.05) is 6.61 Å². The van der Waals surface area contributed by atoms with Crippen molar-refractivity contribution in [3.8, 4) is 0 Å². The van der Waals surface area contributed by atoms with E-state index in [1.54, 1.807) is 0 Å². The van der Waals surface area contributed by atoms with E-state index in [9.17, 15) is 5.11 Å². The van der Waals surface area contributed by atoms with Crippen LogP contribution in [-0.2, 0) is 0 Å². The summed E-state index contributed by atoms with van der Waals surface area (Å²) in [6.45, 7) is 0.0824. The largest absolute Gasteiger partial charge is 0.395 e. The normalized spacial score (nSPS) is 33.2. The van der Waals surface area contributed by atoms with Crippen molar-refractivity contribution in [3.63, 3.8) is 0 Å². The molecular formula is C9H19NO2. The lowest BCUT2D eigenvalue weighted by Gasteiger charge is -2.26. The summed E-state index contributed by atoms with van der Waals surface area (Å²) in [5, 5.41) is 18.0. The van der Waals surface area contributed by atoms with Crippen molar-refractivity contribution in [1.29, 1.82) is 0 Å². The summed E-state index contributed by atoms with van der Waals surface area (Å²) in [6.07, 6.45) is 4.75. The number of aliphatic hydroxyl groups excluding tert-OH is 2. The van der Waals surface area contributed by atoms with Gasteiger partial charge < -0.3 is 15.9 Å². The Hall–Kier alpha value is -0.120. The number of nitrogens with two attached hydrogens (primary N) is 1. The predicted molar refractivity (Wildman–Crippen MR) is 47.6 cm³/mol. The van der Waals surface area contributed by atoms with Crippen LogP contribution in [0.5, 0.6) is 0 Å². The molecule has 1 aliphatic carbocycles. The average Bonchev–Trinajstić information content (AvgIpc) is 2.09. The van der Waals surface area contributed by atoms with Gasteiger partial charge in [-0.05, 0) is 38.0 Å². The van der Waals surface area contributed by atoms with E-state index in [0.29, 0.717) is 5.92 Å². The van der Waals surface area contributed by atoms with Crippen molar-refractivity contribution in [2.45, 2.75) is 44.2 Å². The van der Waals surface area contributed by atoms with Gasteiger partial charge in [0.2, 0.25) is 0 Å². The van der Waals surface area contributed by atoms with E-state index < -0.39 is 0 Å². The predicted octanol–water partition coefficient (Wildman–Crippen LogP) is 0.247. The molecule has 1 unspecified atom stereocenters. The number of hydrogen-bond acceptors (Lipinski definition) is 3. The first-order chi connectivity index (χ1) is 5.72. The van der Waals surface area contributed by atoms with Gasteiger partial charge in [0.15, 0.2) is 0 Å². The van der Waals surface area contributed by atoms with Crippen LogP contribution in [0.4, 0.5) is 0 Å². The summed E-state index contributed by atoms with van der Waals surface area (Å²) >= 11 is 0. The van der Waals surface area contributed by atoms with Crippen LogP contribution in [0.25, 0.3) is 0 Å². The van der Waals surface area contributed by atoms with Gasteiger partial charge in [0.05, 0.1) is 12.7 Å². The third-order valence-corrected chi connectivity index (χ3v) is 2.69. The smallest absolute Gasteiger partial charge is 0.0582 e. The van der Waals surface area contributed by atoms with Gasteiger partial charge in [-0.3, -0.25) is 0 Å². The standard InChI is InChI=1S/C9H19NO2/c10-8(6-11)5-7-1-3-9(12)4-2-7/h7-9,11-12H,1-6,10H2. The van der Waals surface area contributed by atoms with Gasteiger partial charge in [-0.15, -0.1) is 0 Å². The zero-order valence-corrected chi connectivity index (χ0v) is 7.45. The molecule has 0 heterocycles. The molecule has 0 aromatic heterocycles. The Morgan fingerprint density at radius 2 is 1.83 bits per heavy atom. The topological polar surface area (TPSA) is 66.5 Å². The highest BCUT2D eigenvalue weighted by molar-refractivity contribution is 4.75. The van der Waals surface area contributed by atoms with Gasteiger partial charge in [-0.2, -0.15) is 0 Å². The van der Waals surface area contributed by atoms with Gasteiger partial charge in [-0.25, -0.2) is 0 Å². The quantitative estimate of drug-likeness (QED) is 0.573. The second-order valence-corrected chi connectivity index (χ2v) is 3.85. The third-order valence-electron chi connectivity index (χ3n) is 2.69. The zero-order chi connectivity index (χ0) is 8.97. The fourth-order valence-corrected chi connectivity index (χ4v) is 1.88. The van der Waals surface area contributed by atoms with Crippen LogP contribution in [-0.4, -0.2) is 29.0 Å². The van der Waals surface area contributed by atoms with E-state index in [1.807, 2.05) is 0 Å². The first-order valence-corrected chi connectivity index (χ1v) is 4.77. The highest BCUT2D eigenvalue weighted by atomic mass is 16.3. The van der Waals surface area contributed by atoms with Crippen LogP contribution in [0.2, 0.25) is 0 Å². The summed E-state index contributed by atoms with van der Waals surface area (Å²) in [5.74, 6) is 0.621. The second kappa shape index (κ2) is 4.80. The van der Waals surface area contributed by atoms with Crippen molar-refractivity contribution in [1.82, 2.24) is 0 Å². The molecule has 1 aliphatic rings. The van der Waals surface area contributed by atoms with E-state index >= 15 is 0 Å². The Labute approximate surface area is 73.6 Å². The second-order valence-electron chi connectivity index (χ2n) is 3.85. The van der Waals surface area contributed by atoms with Gasteiger partial charge in [0, 0.05) is 6.04 Å². The molecular weight excluding hydrogens is 154 g/mol. The SMILES string of the molecule is NC(CO)CC1CCC(O)CC1. The van der Waals surface area contributed by atoms with Crippen LogP contribution >= 0.6 is 0 Å². The Morgan fingerprint density at radius 3 is 2.33 bits per heavy atom. The summed E-state index contributed by atoms with van der Waals surface area (Å²) in [5.41, 5.74) is 5.63. The van der Waals surface area contributed by atoms with Crippen LogP contribution in [0.1, 0.15) is 32.1 Å². The molecule has 1 atom stereocenters. The number of aliphatic hydroxyl groups is 2. The maximum Gasteiger partial charge on any atom is 0.0582 e. The van der Waals surface area contributed by atoms with Crippen LogP contribution in [0, 0.1) is 5.92 Å². The fourth-order valence-electron chi connectivity index (χ4n) is 1.88.